The van der Waals surface area contributed by atoms with Gasteiger partial charge in [-0.2, -0.15) is 4.98 Å². The predicted octanol–water partition coefficient (Wildman–Crippen LogP) is 1.57. The van der Waals surface area contributed by atoms with E-state index in [0.717, 1.165) is 11.0 Å². The lowest BCUT2D eigenvalue weighted by Crippen LogP contribution is -1.97. The van der Waals surface area contributed by atoms with Crippen molar-refractivity contribution in [1.29, 1.82) is 0 Å². The first-order chi connectivity index (χ1) is 8.08. The molecule has 0 fully saturated rings. The molecule has 8 heteroatoms. The van der Waals surface area contributed by atoms with Gasteiger partial charge in [-0.3, -0.25) is 0 Å². The Hall–Kier alpha value is -1.44. The van der Waals surface area contributed by atoms with Gasteiger partial charge in [0.2, 0.25) is 11.0 Å². The number of hydrogen-bond acceptors (Lipinski definition) is 7. The highest BCUT2D eigenvalue weighted by molar-refractivity contribution is 7.99. The summed E-state index contributed by atoms with van der Waals surface area (Å²) in [6.07, 6.45) is 0. The van der Waals surface area contributed by atoms with Crippen LogP contribution in [0.25, 0.3) is 0 Å². The molecule has 0 radical (unpaired) electrons. The standard InChI is InChI=1S/C9H14N6OS/c1-5(2)7-10-8(16-12-7)6(3)17-9-11-13-14-15(9)4/h5-6H,1-4H3. The SMILES string of the molecule is CC(C)c1noc(C(C)Sc2nnnn2C)n1. The fourth-order valence-electron chi connectivity index (χ4n) is 1.18. The molecule has 92 valence electrons. The highest BCUT2D eigenvalue weighted by atomic mass is 32.2. The summed E-state index contributed by atoms with van der Waals surface area (Å²) < 4.78 is 6.83. The molecule has 0 saturated heterocycles. The Morgan fingerprint density at radius 1 is 1.29 bits per heavy atom. The fraction of sp³-hybridized carbons (Fsp3) is 0.667. The molecule has 1 unspecified atom stereocenters. The summed E-state index contributed by atoms with van der Waals surface area (Å²) in [5.41, 5.74) is 0. The quantitative estimate of drug-likeness (QED) is 0.766. The van der Waals surface area contributed by atoms with Crippen molar-refractivity contribution >= 4 is 11.8 Å². The van der Waals surface area contributed by atoms with Gasteiger partial charge in [0.15, 0.2) is 5.82 Å². The molecule has 2 aromatic heterocycles. The predicted molar refractivity (Wildman–Crippen MR) is 61.5 cm³/mol. The van der Waals surface area contributed by atoms with Crippen LogP contribution in [0.4, 0.5) is 0 Å². The van der Waals surface area contributed by atoms with Gasteiger partial charge in [-0.25, -0.2) is 4.68 Å². The Labute approximate surface area is 103 Å². The molecular formula is C9H14N6OS. The minimum Gasteiger partial charge on any atom is -0.338 e. The van der Waals surface area contributed by atoms with E-state index in [1.54, 1.807) is 11.7 Å². The third kappa shape index (κ3) is 2.63. The lowest BCUT2D eigenvalue weighted by atomic mass is 10.2. The monoisotopic (exact) mass is 254 g/mol. The molecule has 0 aromatic carbocycles. The van der Waals surface area contributed by atoms with Crippen LogP contribution in [0.2, 0.25) is 0 Å². The first-order valence-corrected chi connectivity index (χ1v) is 6.18. The van der Waals surface area contributed by atoms with Crippen molar-refractivity contribution in [2.45, 2.75) is 37.1 Å². The molecule has 0 bridgehead atoms. The smallest absolute Gasteiger partial charge is 0.239 e. The molecule has 2 aromatic rings. The van der Waals surface area contributed by atoms with Crippen LogP contribution in [-0.2, 0) is 7.05 Å². The van der Waals surface area contributed by atoms with E-state index in [9.17, 15) is 0 Å². The first kappa shape index (κ1) is 12.0. The van der Waals surface area contributed by atoms with Crippen LogP contribution in [-0.4, -0.2) is 30.3 Å². The fourth-order valence-corrected chi connectivity index (χ4v) is 1.96. The van der Waals surface area contributed by atoms with E-state index in [1.165, 1.54) is 11.8 Å². The van der Waals surface area contributed by atoms with Gasteiger partial charge in [0.05, 0.1) is 5.25 Å². The molecule has 7 nitrogen and oxygen atoms in total. The Kier molecular flexibility index (Phi) is 3.41. The summed E-state index contributed by atoms with van der Waals surface area (Å²) in [7, 11) is 1.79. The Morgan fingerprint density at radius 2 is 2.06 bits per heavy atom. The summed E-state index contributed by atoms with van der Waals surface area (Å²) in [5.74, 6) is 1.59. The number of rotatable bonds is 4. The molecule has 0 saturated carbocycles. The van der Waals surface area contributed by atoms with Crippen LogP contribution >= 0.6 is 11.8 Å². The van der Waals surface area contributed by atoms with E-state index in [-0.39, 0.29) is 11.2 Å². The summed E-state index contributed by atoms with van der Waals surface area (Å²) in [6, 6.07) is 0. The summed E-state index contributed by atoms with van der Waals surface area (Å²) in [6.45, 7) is 6.04. The zero-order valence-electron chi connectivity index (χ0n) is 10.2. The highest BCUT2D eigenvalue weighted by Gasteiger charge is 2.19. The molecule has 2 rings (SSSR count). The second-order valence-electron chi connectivity index (χ2n) is 3.99. The van der Waals surface area contributed by atoms with E-state index in [0.29, 0.717) is 5.89 Å². The van der Waals surface area contributed by atoms with Gasteiger partial charge in [0.25, 0.3) is 0 Å². The van der Waals surface area contributed by atoms with Gasteiger partial charge < -0.3 is 4.52 Å². The Morgan fingerprint density at radius 3 is 2.59 bits per heavy atom. The zero-order chi connectivity index (χ0) is 12.4. The molecule has 0 amide bonds. The maximum Gasteiger partial charge on any atom is 0.239 e. The maximum atomic E-state index is 5.22. The van der Waals surface area contributed by atoms with Crippen molar-refractivity contribution in [2.75, 3.05) is 0 Å². The molecule has 0 aliphatic heterocycles. The van der Waals surface area contributed by atoms with Crippen LogP contribution in [0.15, 0.2) is 9.68 Å². The number of hydrogen-bond donors (Lipinski definition) is 0. The van der Waals surface area contributed by atoms with E-state index in [2.05, 4.69) is 25.7 Å². The molecule has 0 spiro atoms. The molecule has 0 aliphatic rings. The Bertz CT molecular complexity index is 493. The molecule has 2 heterocycles. The van der Waals surface area contributed by atoms with Crippen molar-refractivity contribution in [3.05, 3.63) is 11.7 Å². The van der Waals surface area contributed by atoms with Gasteiger partial charge in [0.1, 0.15) is 0 Å². The van der Waals surface area contributed by atoms with Crippen molar-refractivity contribution in [3.8, 4) is 0 Å². The van der Waals surface area contributed by atoms with Crippen molar-refractivity contribution < 1.29 is 4.52 Å². The van der Waals surface area contributed by atoms with Crippen molar-refractivity contribution in [3.63, 3.8) is 0 Å². The molecular weight excluding hydrogens is 240 g/mol. The number of aryl methyl sites for hydroxylation is 1. The largest absolute Gasteiger partial charge is 0.338 e. The maximum absolute atomic E-state index is 5.22. The van der Waals surface area contributed by atoms with E-state index in [4.69, 9.17) is 4.52 Å². The number of tetrazole rings is 1. The lowest BCUT2D eigenvalue weighted by Gasteiger charge is -2.03. The topological polar surface area (TPSA) is 82.5 Å². The first-order valence-electron chi connectivity index (χ1n) is 5.30. The average Bonchev–Trinajstić information content (AvgIpc) is 2.88. The number of aromatic nitrogens is 6. The van der Waals surface area contributed by atoms with Crippen molar-refractivity contribution in [2.24, 2.45) is 7.05 Å². The molecule has 17 heavy (non-hydrogen) atoms. The third-order valence-corrected chi connectivity index (χ3v) is 3.30. The van der Waals surface area contributed by atoms with E-state index in [1.807, 2.05) is 20.8 Å². The van der Waals surface area contributed by atoms with Crippen molar-refractivity contribution in [1.82, 2.24) is 30.3 Å². The van der Waals surface area contributed by atoms with Gasteiger partial charge in [0, 0.05) is 13.0 Å². The van der Waals surface area contributed by atoms with Crippen LogP contribution in [0.1, 0.15) is 43.7 Å². The summed E-state index contributed by atoms with van der Waals surface area (Å²) in [4.78, 5) is 4.34. The van der Waals surface area contributed by atoms with Gasteiger partial charge >= 0.3 is 0 Å². The minimum absolute atomic E-state index is 0.0275. The van der Waals surface area contributed by atoms with Gasteiger partial charge in [-0.1, -0.05) is 30.8 Å². The second-order valence-corrected chi connectivity index (χ2v) is 5.30. The second kappa shape index (κ2) is 4.82. The summed E-state index contributed by atoms with van der Waals surface area (Å²) in [5, 5.41) is 15.9. The number of nitrogens with zero attached hydrogens (tertiary/aromatic N) is 6. The molecule has 1 atom stereocenters. The normalized spacial score (nSPS) is 13.2. The lowest BCUT2D eigenvalue weighted by molar-refractivity contribution is 0.373. The van der Waals surface area contributed by atoms with Crippen LogP contribution in [0.3, 0.4) is 0 Å². The molecule has 0 aliphatic carbocycles. The van der Waals surface area contributed by atoms with Crippen LogP contribution < -0.4 is 0 Å². The highest BCUT2D eigenvalue weighted by Crippen LogP contribution is 2.32. The van der Waals surface area contributed by atoms with E-state index >= 15 is 0 Å². The van der Waals surface area contributed by atoms with E-state index < -0.39 is 0 Å². The Balaban J connectivity index is 2.09. The minimum atomic E-state index is 0.0275. The zero-order valence-corrected chi connectivity index (χ0v) is 11.0. The summed E-state index contributed by atoms with van der Waals surface area (Å²) >= 11 is 1.49. The van der Waals surface area contributed by atoms with Crippen LogP contribution in [0.5, 0.6) is 0 Å². The molecule has 0 N–H and O–H groups in total. The number of thioether (sulfide) groups is 1. The van der Waals surface area contributed by atoms with Gasteiger partial charge in [-0.05, 0) is 17.4 Å². The third-order valence-electron chi connectivity index (χ3n) is 2.19. The van der Waals surface area contributed by atoms with Gasteiger partial charge in [-0.15, -0.1) is 5.10 Å². The van der Waals surface area contributed by atoms with Crippen LogP contribution in [0, 0.1) is 0 Å². The average molecular weight is 254 g/mol.